The Labute approximate surface area is 313 Å². The fourth-order valence-electron chi connectivity index (χ4n) is 8.54. The van der Waals surface area contributed by atoms with Crippen molar-refractivity contribution >= 4 is 55.7 Å². The van der Waals surface area contributed by atoms with E-state index in [1.54, 1.807) is 0 Å². The number of fused-ring (bicyclic) bond motifs is 6. The van der Waals surface area contributed by atoms with Gasteiger partial charge >= 0.3 is 0 Å². The van der Waals surface area contributed by atoms with Crippen molar-refractivity contribution in [3.8, 4) is 11.1 Å². The third-order valence-electron chi connectivity index (χ3n) is 11.0. The molecule has 1 aliphatic carbocycles. The number of anilines is 6. The molecule has 2 nitrogen and oxygen atoms in total. The van der Waals surface area contributed by atoms with Gasteiger partial charge < -0.3 is 9.80 Å². The quantitative estimate of drug-likeness (QED) is 0.157. The highest BCUT2D eigenvalue weighted by atomic mass is 15.1. The maximum absolute atomic E-state index is 2.50. The summed E-state index contributed by atoms with van der Waals surface area (Å²) in [4.78, 5) is 4.87. The van der Waals surface area contributed by atoms with E-state index in [-0.39, 0.29) is 5.41 Å². The highest BCUT2D eigenvalue weighted by Crippen LogP contribution is 2.56. The summed E-state index contributed by atoms with van der Waals surface area (Å²) in [7, 11) is 0. The van der Waals surface area contributed by atoms with E-state index in [9.17, 15) is 0 Å². The summed E-state index contributed by atoms with van der Waals surface area (Å²) >= 11 is 0. The van der Waals surface area contributed by atoms with Crippen molar-refractivity contribution < 1.29 is 0 Å². The molecule has 1 aliphatic rings. The number of nitrogens with zero attached hydrogens (tertiary/aromatic N) is 2. The first-order chi connectivity index (χ1) is 25.9. The van der Waals surface area contributed by atoms with Crippen LogP contribution < -0.4 is 9.80 Å². The molecule has 0 N–H and O–H groups in total. The van der Waals surface area contributed by atoms with Crippen LogP contribution in [0.2, 0.25) is 0 Å². The normalized spacial score (nSPS) is 12.9. The average molecular weight is 685 g/mol. The fourth-order valence-corrected chi connectivity index (χ4v) is 8.54. The molecule has 0 fully saturated rings. The van der Waals surface area contributed by atoms with Gasteiger partial charge in [-0.3, -0.25) is 0 Å². The van der Waals surface area contributed by atoms with Gasteiger partial charge in [-0.15, -0.1) is 0 Å². The number of para-hydroxylation sites is 2. The van der Waals surface area contributed by atoms with E-state index >= 15 is 0 Å². The molecule has 53 heavy (non-hydrogen) atoms. The maximum Gasteiger partial charge on any atom is 0.0543 e. The summed E-state index contributed by atoms with van der Waals surface area (Å²) in [6.45, 7) is 9.38. The molecule has 0 unspecified atom stereocenters. The van der Waals surface area contributed by atoms with Crippen molar-refractivity contribution in [3.05, 3.63) is 193 Å². The summed E-state index contributed by atoms with van der Waals surface area (Å²) in [6, 6.07) is 64.7. The van der Waals surface area contributed by atoms with E-state index in [0.717, 1.165) is 29.2 Å². The highest BCUT2D eigenvalue weighted by molar-refractivity contribution is 6.11. The third-order valence-corrected chi connectivity index (χ3v) is 11.0. The summed E-state index contributed by atoms with van der Waals surface area (Å²) in [6.07, 6.45) is 1.07. The first-order valence-corrected chi connectivity index (χ1v) is 18.9. The second kappa shape index (κ2) is 13.1. The lowest BCUT2D eigenvalue weighted by atomic mass is 9.81. The van der Waals surface area contributed by atoms with Gasteiger partial charge in [0.25, 0.3) is 0 Å². The van der Waals surface area contributed by atoms with Crippen LogP contribution in [0.4, 0.5) is 34.1 Å². The van der Waals surface area contributed by atoms with Crippen LogP contribution in [0.25, 0.3) is 32.7 Å². The monoisotopic (exact) mass is 684 g/mol. The Morgan fingerprint density at radius 2 is 1.02 bits per heavy atom. The molecular weight excluding hydrogens is 641 g/mol. The first-order valence-electron chi connectivity index (χ1n) is 18.9. The van der Waals surface area contributed by atoms with Crippen LogP contribution in [0.5, 0.6) is 0 Å². The lowest BCUT2D eigenvalue weighted by molar-refractivity contribution is 0.647. The Morgan fingerprint density at radius 1 is 0.453 bits per heavy atom. The lowest BCUT2D eigenvalue weighted by Crippen LogP contribution is -2.18. The van der Waals surface area contributed by atoms with Crippen LogP contribution in [0.3, 0.4) is 0 Å². The van der Waals surface area contributed by atoms with Gasteiger partial charge in [0.05, 0.1) is 11.4 Å². The molecule has 0 aliphatic heterocycles. The van der Waals surface area contributed by atoms with Crippen molar-refractivity contribution in [1.82, 2.24) is 0 Å². The minimum absolute atomic E-state index is 0.246. The van der Waals surface area contributed by atoms with Gasteiger partial charge in [0.2, 0.25) is 0 Å². The van der Waals surface area contributed by atoms with Gasteiger partial charge in [0, 0.05) is 38.9 Å². The summed E-state index contributed by atoms with van der Waals surface area (Å²) < 4.78 is 0. The Morgan fingerprint density at radius 3 is 1.70 bits per heavy atom. The molecular formula is C51H44N2. The Hall–Kier alpha value is -6.12. The fraction of sp³-hybridized carbons (Fsp3) is 0.137. The van der Waals surface area contributed by atoms with Gasteiger partial charge in [-0.05, 0) is 112 Å². The molecule has 0 saturated carbocycles. The second-order valence-electron chi connectivity index (χ2n) is 15.3. The topological polar surface area (TPSA) is 6.48 Å². The molecule has 8 aromatic carbocycles. The third kappa shape index (κ3) is 5.66. The van der Waals surface area contributed by atoms with Crippen LogP contribution in [0, 0.1) is 5.92 Å². The van der Waals surface area contributed by atoms with Crippen molar-refractivity contribution in [2.24, 2.45) is 5.92 Å². The predicted octanol–water partition coefficient (Wildman–Crippen LogP) is 14.4. The van der Waals surface area contributed by atoms with E-state index < -0.39 is 0 Å². The summed E-state index contributed by atoms with van der Waals surface area (Å²) in [5.41, 5.74) is 13.5. The number of hydrogen-bond acceptors (Lipinski definition) is 2. The van der Waals surface area contributed by atoms with Crippen LogP contribution in [-0.2, 0) is 11.8 Å². The first kappa shape index (κ1) is 32.8. The zero-order valence-electron chi connectivity index (χ0n) is 30.9. The summed E-state index contributed by atoms with van der Waals surface area (Å²) in [5, 5.41) is 5.00. The molecule has 0 bridgehead atoms. The smallest absolute Gasteiger partial charge is 0.0543 e. The van der Waals surface area contributed by atoms with Gasteiger partial charge in [0.1, 0.15) is 0 Å². The second-order valence-corrected chi connectivity index (χ2v) is 15.3. The Balaban J connectivity index is 1.26. The molecule has 0 amide bonds. The predicted molar refractivity (Wildman–Crippen MR) is 227 cm³/mol. The zero-order valence-corrected chi connectivity index (χ0v) is 30.9. The van der Waals surface area contributed by atoms with Crippen molar-refractivity contribution in [2.75, 3.05) is 9.80 Å². The van der Waals surface area contributed by atoms with E-state index in [0.29, 0.717) is 5.92 Å². The van der Waals surface area contributed by atoms with Crippen molar-refractivity contribution in [3.63, 3.8) is 0 Å². The SMILES string of the molecule is CC(C)Cc1ccc(N(c2cccc3ccccc23)c2cc3c(c4ccccc24)-c2ccc(N(c4ccccc4)c4ccccc4)cc2C3(C)C)cc1. The largest absolute Gasteiger partial charge is 0.310 e. The zero-order chi connectivity index (χ0) is 36.1. The number of benzene rings is 8. The molecule has 9 rings (SSSR count). The lowest BCUT2D eigenvalue weighted by Gasteiger charge is -2.31. The number of hydrogen-bond donors (Lipinski definition) is 0. The Bertz CT molecular complexity index is 2540. The molecule has 8 aromatic rings. The van der Waals surface area contributed by atoms with Gasteiger partial charge in [-0.1, -0.05) is 143 Å². The molecule has 0 saturated heterocycles. The van der Waals surface area contributed by atoms with E-state index in [1.165, 1.54) is 60.7 Å². The van der Waals surface area contributed by atoms with Crippen molar-refractivity contribution in [2.45, 2.75) is 39.5 Å². The number of rotatable bonds is 8. The maximum atomic E-state index is 2.50. The van der Waals surface area contributed by atoms with Gasteiger partial charge in [-0.25, -0.2) is 0 Å². The molecule has 258 valence electrons. The van der Waals surface area contributed by atoms with Crippen LogP contribution >= 0.6 is 0 Å². The summed E-state index contributed by atoms with van der Waals surface area (Å²) in [5.74, 6) is 0.604. The van der Waals surface area contributed by atoms with Crippen LogP contribution in [0.1, 0.15) is 44.4 Å². The van der Waals surface area contributed by atoms with Crippen LogP contribution in [-0.4, -0.2) is 0 Å². The Kier molecular flexibility index (Phi) is 8.12. The highest BCUT2D eigenvalue weighted by Gasteiger charge is 2.38. The molecule has 0 heterocycles. The van der Waals surface area contributed by atoms with Gasteiger partial charge in [0.15, 0.2) is 0 Å². The molecule has 0 radical (unpaired) electrons. The van der Waals surface area contributed by atoms with E-state index in [2.05, 4.69) is 213 Å². The van der Waals surface area contributed by atoms with Crippen LogP contribution in [0.15, 0.2) is 176 Å². The minimum atomic E-state index is -0.246. The van der Waals surface area contributed by atoms with Crippen molar-refractivity contribution in [1.29, 1.82) is 0 Å². The van der Waals surface area contributed by atoms with E-state index in [1.807, 2.05) is 0 Å². The van der Waals surface area contributed by atoms with Gasteiger partial charge in [-0.2, -0.15) is 0 Å². The standard InChI is InChI=1S/C51H44N2/c1-35(2)32-36-26-28-40(29-27-36)53(48-25-15-17-37-16-11-12-22-42(37)48)49-34-47-50(44-24-14-13-23-43(44)49)45-31-30-41(33-46(45)51(47,3)4)52(38-18-7-5-8-19-38)39-20-9-6-10-21-39/h5-31,33-35H,32H2,1-4H3. The molecule has 2 heteroatoms. The molecule has 0 atom stereocenters. The molecule has 0 spiro atoms. The average Bonchev–Trinajstić information content (AvgIpc) is 3.42. The van der Waals surface area contributed by atoms with E-state index in [4.69, 9.17) is 0 Å². The molecule has 0 aromatic heterocycles. The minimum Gasteiger partial charge on any atom is -0.310 e.